The summed E-state index contributed by atoms with van der Waals surface area (Å²) in [7, 11) is -11.8. The van der Waals surface area contributed by atoms with Gasteiger partial charge in [0, 0.05) is 17.3 Å². The van der Waals surface area contributed by atoms with Gasteiger partial charge < -0.3 is 29.6 Å². The zero-order valence-electron chi connectivity index (χ0n) is 58.1. The largest absolute Gasteiger partial charge is 0.748 e. The number of hydrogen-bond donors (Lipinski definition) is 3. The zero-order valence-corrected chi connectivity index (χ0v) is 60.5. The molecule has 0 saturated carbocycles. The van der Waals surface area contributed by atoms with E-state index in [0.717, 1.165) is 0 Å². The summed E-state index contributed by atoms with van der Waals surface area (Å²) in [6.07, 6.45) is 70.6. The highest BCUT2D eigenvalue weighted by Gasteiger charge is 1.99. The predicted octanol–water partition coefficient (Wildman–Crippen LogP) is 17.3. The molecule has 0 aliphatic heterocycles. The van der Waals surface area contributed by atoms with Crippen molar-refractivity contribution in [3.8, 4) is 0 Å². The van der Waals surface area contributed by atoms with Crippen LogP contribution in [0.4, 0.5) is 0 Å². The van der Waals surface area contributed by atoms with Gasteiger partial charge in [-0.1, -0.05) is 293 Å². The maximum Gasteiger partial charge on any atom is 0.0945 e. The molecule has 0 spiro atoms. The SMILES string of the molecule is CCCCCCCCCCCC[NH2+]CCCCCCCC.CCCCCCCCCCCC[NH2+]CCCCCCCC.CCCCCCCCCCCC[NH2+]CCCCCCCC.CCCS(=O)(=O)[O-].CCCS(=O)(=O)[O-].CCCS(=O)(=O)[O-]. The summed E-state index contributed by atoms with van der Waals surface area (Å²) in [5.41, 5.74) is 0. The average molecular weight is 1270 g/mol. The van der Waals surface area contributed by atoms with Crippen LogP contribution >= 0.6 is 0 Å². The lowest BCUT2D eigenvalue weighted by Crippen LogP contribution is -2.84. The lowest BCUT2D eigenvalue weighted by molar-refractivity contribution is -0.655. The molecule has 0 bridgehead atoms. The Hall–Kier alpha value is -0.390. The Bertz CT molecular complexity index is 1230. The minimum absolute atomic E-state index is 0.243. The molecule has 0 atom stereocenters. The normalized spacial score (nSPS) is 11.3. The van der Waals surface area contributed by atoms with E-state index < -0.39 is 30.4 Å². The molecule has 15 heteroatoms. The fourth-order valence-corrected chi connectivity index (χ4v) is 11.2. The van der Waals surface area contributed by atoms with Gasteiger partial charge in [0.1, 0.15) is 0 Å². The smallest absolute Gasteiger partial charge is 0.0945 e. The fraction of sp³-hybridized carbons (Fsp3) is 1.00. The van der Waals surface area contributed by atoms with Crippen molar-refractivity contribution >= 4 is 30.4 Å². The van der Waals surface area contributed by atoms with Crippen LogP contribution in [0, 0.1) is 0 Å². The Kier molecular flexibility index (Phi) is 95.5. The van der Waals surface area contributed by atoms with Crippen molar-refractivity contribution in [1.29, 1.82) is 0 Å². The summed E-state index contributed by atoms with van der Waals surface area (Å²) in [6, 6.07) is 0. The summed E-state index contributed by atoms with van der Waals surface area (Å²) in [6.45, 7) is 26.9. The van der Waals surface area contributed by atoms with Crippen LogP contribution in [0.1, 0.15) is 390 Å². The maximum absolute atomic E-state index is 9.68. The second kappa shape index (κ2) is 84.7. The molecule has 0 radical (unpaired) electrons. The van der Waals surface area contributed by atoms with Gasteiger partial charge in [0.15, 0.2) is 0 Å². The first-order valence-electron chi connectivity index (χ1n) is 36.7. The number of hydrogen-bond acceptors (Lipinski definition) is 9. The van der Waals surface area contributed by atoms with Gasteiger partial charge >= 0.3 is 0 Å². The van der Waals surface area contributed by atoms with Crippen molar-refractivity contribution in [2.24, 2.45) is 0 Å². The van der Waals surface area contributed by atoms with Crippen molar-refractivity contribution in [3.63, 3.8) is 0 Å². The highest BCUT2D eigenvalue weighted by Crippen LogP contribution is 2.13. The lowest BCUT2D eigenvalue weighted by Gasteiger charge is -2.03. The van der Waals surface area contributed by atoms with Crippen LogP contribution in [-0.2, 0) is 30.4 Å². The number of quaternary nitrogens is 3. The molecule has 0 aromatic rings. The Labute approximate surface area is 528 Å². The van der Waals surface area contributed by atoms with E-state index in [4.69, 9.17) is 0 Å². The highest BCUT2D eigenvalue weighted by molar-refractivity contribution is 7.86. The molecule has 12 nitrogen and oxygen atoms in total. The van der Waals surface area contributed by atoms with Gasteiger partial charge in [-0.3, -0.25) is 0 Å². The Balaban J connectivity index is -0.000000231. The van der Waals surface area contributed by atoms with Crippen molar-refractivity contribution in [2.75, 3.05) is 56.5 Å². The monoisotopic (exact) mass is 1260 g/mol. The lowest BCUT2D eigenvalue weighted by atomic mass is 10.1. The van der Waals surface area contributed by atoms with Gasteiger partial charge in [-0.25, -0.2) is 25.3 Å². The average Bonchev–Trinajstić information content (AvgIpc) is 3.44. The third-order valence-electron chi connectivity index (χ3n) is 14.9. The summed E-state index contributed by atoms with van der Waals surface area (Å²) < 4.78 is 87.1. The van der Waals surface area contributed by atoms with E-state index in [1.54, 1.807) is 20.8 Å². The van der Waals surface area contributed by atoms with Crippen LogP contribution in [0.5, 0.6) is 0 Å². The second-order valence-corrected chi connectivity index (χ2v) is 28.8. The predicted molar refractivity (Wildman–Crippen MR) is 365 cm³/mol. The summed E-state index contributed by atoms with van der Waals surface area (Å²) in [4.78, 5) is 0. The number of rotatable bonds is 60. The third-order valence-corrected chi connectivity index (χ3v) is 17.7. The van der Waals surface area contributed by atoms with Crippen molar-refractivity contribution < 1.29 is 54.9 Å². The van der Waals surface area contributed by atoms with Crippen LogP contribution in [-0.4, -0.2) is 95.4 Å². The Morgan fingerprint density at radius 3 is 0.369 bits per heavy atom. The first-order valence-corrected chi connectivity index (χ1v) is 41.4. The van der Waals surface area contributed by atoms with E-state index in [9.17, 15) is 38.9 Å². The molecule has 0 fully saturated rings. The molecule has 0 aromatic heterocycles. The molecule has 0 saturated heterocycles. The van der Waals surface area contributed by atoms with E-state index in [2.05, 4.69) is 57.5 Å². The molecule has 516 valence electrons. The second-order valence-electron chi connectivity index (χ2n) is 24.2. The summed E-state index contributed by atoms with van der Waals surface area (Å²) in [5.74, 6) is -0.729. The van der Waals surface area contributed by atoms with Crippen LogP contribution in [0.15, 0.2) is 0 Å². The van der Waals surface area contributed by atoms with Gasteiger partial charge in [-0.2, -0.15) is 0 Å². The standard InChI is InChI=1S/3C20H43N.3C3H8O3S/c3*1-3-5-7-9-11-12-13-14-16-18-20-21-19-17-15-10-8-6-4-2;3*1-2-3-7(4,5)6/h3*21H,3-20H2,1-2H3;3*2-3H2,1H3,(H,4,5,6). The van der Waals surface area contributed by atoms with Crippen LogP contribution in [0.2, 0.25) is 0 Å². The number of nitrogens with two attached hydrogens (primary N) is 3. The maximum atomic E-state index is 9.68. The van der Waals surface area contributed by atoms with Gasteiger partial charge in [0.2, 0.25) is 0 Å². The van der Waals surface area contributed by atoms with Crippen molar-refractivity contribution in [1.82, 2.24) is 0 Å². The molecule has 0 aromatic carbocycles. The molecule has 84 heavy (non-hydrogen) atoms. The van der Waals surface area contributed by atoms with E-state index in [-0.39, 0.29) is 17.3 Å². The van der Waals surface area contributed by atoms with Gasteiger partial charge in [-0.15, -0.1) is 0 Å². The van der Waals surface area contributed by atoms with Crippen LogP contribution in [0.25, 0.3) is 0 Å². The van der Waals surface area contributed by atoms with Crippen molar-refractivity contribution in [2.45, 2.75) is 390 Å². The topological polar surface area (TPSA) is 221 Å². The minimum Gasteiger partial charge on any atom is -0.748 e. The number of unbranched alkanes of at least 4 members (excludes halogenated alkanes) is 42. The molecule has 0 unspecified atom stereocenters. The first kappa shape index (κ1) is 94.7. The minimum atomic E-state index is -3.92. The molecular formula is C69H153N3O9S3. The van der Waals surface area contributed by atoms with E-state index in [1.165, 1.54) is 347 Å². The summed E-state index contributed by atoms with van der Waals surface area (Å²) in [5, 5.41) is 7.64. The molecule has 0 aliphatic carbocycles. The Morgan fingerprint density at radius 1 is 0.179 bits per heavy atom. The fourth-order valence-electron chi connectivity index (χ4n) is 9.72. The molecule has 6 N–H and O–H groups in total. The molecule has 0 rings (SSSR count). The van der Waals surface area contributed by atoms with Crippen molar-refractivity contribution in [3.05, 3.63) is 0 Å². The molecular weight excluding hydrogens is 1110 g/mol. The van der Waals surface area contributed by atoms with Crippen LogP contribution < -0.4 is 16.0 Å². The van der Waals surface area contributed by atoms with E-state index in [1.807, 2.05) is 0 Å². The van der Waals surface area contributed by atoms with E-state index >= 15 is 0 Å². The van der Waals surface area contributed by atoms with E-state index in [0.29, 0.717) is 19.3 Å². The quantitative estimate of drug-likeness (QED) is 0.0389. The highest BCUT2D eigenvalue weighted by atomic mass is 32.2. The van der Waals surface area contributed by atoms with Gasteiger partial charge in [0.25, 0.3) is 0 Å². The molecule has 0 heterocycles. The summed E-state index contributed by atoms with van der Waals surface area (Å²) >= 11 is 0. The first-order chi connectivity index (χ1) is 40.4. The Morgan fingerprint density at radius 2 is 0.286 bits per heavy atom. The van der Waals surface area contributed by atoms with Gasteiger partial charge in [-0.05, 0) is 96.3 Å². The van der Waals surface area contributed by atoms with Crippen LogP contribution in [0.3, 0.4) is 0 Å². The molecule has 0 amide bonds. The van der Waals surface area contributed by atoms with Gasteiger partial charge in [0.05, 0.1) is 69.6 Å². The zero-order chi connectivity index (χ0) is 64.0. The molecule has 0 aliphatic rings. The third kappa shape index (κ3) is 123.